The van der Waals surface area contributed by atoms with Crippen molar-refractivity contribution in [1.82, 2.24) is 15.4 Å². The normalized spacial score (nSPS) is 15.0. The van der Waals surface area contributed by atoms with Crippen molar-refractivity contribution in [2.24, 2.45) is 15.8 Å². The van der Waals surface area contributed by atoms with Gasteiger partial charge in [0.05, 0.1) is 6.54 Å². The molecule has 1 aromatic heterocycles. The molecule has 0 amide bonds. The minimum Gasteiger partial charge on any atom is -0.382 e. The number of hydrogen-bond donors (Lipinski definition) is 4. The van der Waals surface area contributed by atoms with Crippen LogP contribution in [0, 0.1) is 0 Å². The van der Waals surface area contributed by atoms with Crippen LogP contribution >= 0.6 is 0 Å². The van der Waals surface area contributed by atoms with Gasteiger partial charge in [0, 0.05) is 20.0 Å². The monoisotopic (exact) mass is 233 g/mol. The van der Waals surface area contributed by atoms with Gasteiger partial charge in [-0.05, 0) is 12.1 Å². The van der Waals surface area contributed by atoms with E-state index < -0.39 is 0 Å². The van der Waals surface area contributed by atoms with Gasteiger partial charge in [0.15, 0.2) is 0 Å². The first-order chi connectivity index (χ1) is 8.26. The Hall–Kier alpha value is -2.44. The number of amidine groups is 1. The molecule has 0 radical (unpaired) electrons. The molecular formula is C10H15N7. The first-order valence-corrected chi connectivity index (χ1v) is 5.14. The van der Waals surface area contributed by atoms with Crippen molar-refractivity contribution >= 4 is 12.6 Å². The zero-order valence-corrected chi connectivity index (χ0v) is 9.57. The van der Waals surface area contributed by atoms with Gasteiger partial charge in [-0.2, -0.15) is 5.10 Å². The molecule has 0 bridgehead atoms. The number of aromatic nitrogens is 1. The fourth-order valence-electron chi connectivity index (χ4n) is 1.52. The minimum absolute atomic E-state index is 0.448. The zero-order valence-electron chi connectivity index (χ0n) is 9.57. The van der Waals surface area contributed by atoms with Crippen molar-refractivity contribution in [2.75, 3.05) is 19.0 Å². The van der Waals surface area contributed by atoms with Gasteiger partial charge in [-0.1, -0.05) is 0 Å². The van der Waals surface area contributed by atoms with Crippen LogP contribution in [-0.2, 0) is 0 Å². The lowest BCUT2D eigenvalue weighted by Gasteiger charge is -2.22. The molecule has 0 atom stereocenters. The highest BCUT2D eigenvalue weighted by Gasteiger charge is 2.16. The molecule has 0 unspecified atom stereocenters. The highest BCUT2D eigenvalue weighted by Crippen LogP contribution is 2.11. The molecule has 2 heterocycles. The second-order valence-corrected chi connectivity index (χ2v) is 3.43. The second-order valence-electron chi connectivity index (χ2n) is 3.43. The summed E-state index contributed by atoms with van der Waals surface area (Å²) >= 11 is 0. The van der Waals surface area contributed by atoms with Crippen molar-refractivity contribution in [3.05, 3.63) is 35.5 Å². The third kappa shape index (κ3) is 2.07. The standard InChI is InChI=1S/C10H15N7/c1-12-16-10-7(6-14-10)15-9(11)8-4-3-5-17(8)13-2/h3-5,13-14,16H,1,6H2,2H3,(H2,11,15). The van der Waals surface area contributed by atoms with E-state index in [2.05, 4.69) is 33.0 Å². The van der Waals surface area contributed by atoms with Crippen LogP contribution in [0.25, 0.3) is 0 Å². The van der Waals surface area contributed by atoms with E-state index in [9.17, 15) is 0 Å². The predicted molar refractivity (Wildman–Crippen MR) is 68.2 cm³/mol. The molecule has 0 aliphatic carbocycles. The van der Waals surface area contributed by atoms with Crippen LogP contribution in [0.2, 0.25) is 0 Å². The number of hydrazone groups is 1. The van der Waals surface area contributed by atoms with Crippen molar-refractivity contribution in [2.45, 2.75) is 0 Å². The summed E-state index contributed by atoms with van der Waals surface area (Å²) in [5.74, 6) is 1.19. The van der Waals surface area contributed by atoms with E-state index in [0.717, 1.165) is 17.2 Å². The molecule has 0 fully saturated rings. The summed E-state index contributed by atoms with van der Waals surface area (Å²) in [6.45, 7) is 4.01. The van der Waals surface area contributed by atoms with E-state index in [1.54, 1.807) is 4.68 Å². The predicted octanol–water partition coefficient (Wildman–Crippen LogP) is -0.656. The summed E-state index contributed by atoms with van der Waals surface area (Å²) in [5, 5.41) is 6.59. The van der Waals surface area contributed by atoms with Crippen molar-refractivity contribution < 1.29 is 0 Å². The molecular weight excluding hydrogens is 218 g/mol. The summed E-state index contributed by atoms with van der Waals surface area (Å²) in [4.78, 5) is 4.33. The quantitative estimate of drug-likeness (QED) is 0.309. The molecule has 2 rings (SSSR count). The molecule has 0 saturated heterocycles. The molecule has 0 aromatic carbocycles. The van der Waals surface area contributed by atoms with Gasteiger partial charge in [0.25, 0.3) is 0 Å². The summed E-state index contributed by atoms with van der Waals surface area (Å²) in [6.07, 6.45) is 1.87. The van der Waals surface area contributed by atoms with E-state index >= 15 is 0 Å². The van der Waals surface area contributed by atoms with Crippen LogP contribution in [0.15, 0.2) is 39.9 Å². The number of hydrogen-bond acceptors (Lipinski definition) is 5. The number of rotatable bonds is 5. The molecule has 1 aliphatic heterocycles. The van der Waals surface area contributed by atoms with Crippen molar-refractivity contribution in [1.29, 1.82) is 0 Å². The molecule has 1 aliphatic rings. The van der Waals surface area contributed by atoms with Crippen LogP contribution < -0.4 is 21.9 Å². The molecule has 0 saturated carbocycles. The minimum atomic E-state index is 0.448. The number of nitrogens with zero attached hydrogens (tertiary/aromatic N) is 3. The number of nitrogens with one attached hydrogen (secondary N) is 3. The third-order valence-electron chi connectivity index (χ3n) is 2.42. The van der Waals surface area contributed by atoms with E-state index in [-0.39, 0.29) is 0 Å². The maximum Gasteiger partial charge on any atom is 0.149 e. The molecule has 7 nitrogen and oxygen atoms in total. The lowest BCUT2D eigenvalue weighted by molar-refractivity contribution is 0.644. The van der Waals surface area contributed by atoms with Gasteiger partial charge >= 0.3 is 0 Å². The Kier molecular flexibility index (Phi) is 2.99. The van der Waals surface area contributed by atoms with Gasteiger partial charge in [-0.25, -0.2) is 4.99 Å². The zero-order chi connectivity index (χ0) is 12.3. The van der Waals surface area contributed by atoms with E-state index in [1.807, 2.05) is 25.4 Å². The SMILES string of the molecule is C=NNC1=C(/N=C(/N)c2cccn2NC)CN1. The van der Waals surface area contributed by atoms with Crippen LogP contribution in [-0.4, -0.2) is 30.8 Å². The Morgan fingerprint density at radius 2 is 2.47 bits per heavy atom. The van der Waals surface area contributed by atoms with Crippen LogP contribution in [0.1, 0.15) is 5.69 Å². The van der Waals surface area contributed by atoms with Crippen molar-refractivity contribution in [3.8, 4) is 0 Å². The van der Waals surface area contributed by atoms with Crippen molar-refractivity contribution in [3.63, 3.8) is 0 Å². The summed E-state index contributed by atoms with van der Waals surface area (Å²) in [7, 11) is 1.82. The number of aliphatic imine (C=N–C) groups is 1. The fourth-order valence-corrected chi connectivity index (χ4v) is 1.52. The van der Waals surface area contributed by atoms with Gasteiger partial charge in [0.2, 0.25) is 0 Å². The average molecular weight is 233 g/mol. The van der Waals surface area contributed by atoms with Crippen LogP contribution in [0.4, 0.5) is 0 Å². The second kappa shape index (κ2) is 4.60. The topological polar surface area (TPSA) is 91.8 Å². The molecule has 1 aromatic rings. The van der Waals surface area contributed by atoms with Gasteiger partial charge in [-0.15, -0.1) is 0 Å². The van der Waals surface area contributed by atoms with Gasteiger partial charge < -0.3 is 16.5 Å². The molecule has 0 spiro atoms. The molecule has 7 heteroatoms. The summed E-state index contributed by atoms with van der Waals surface area (Å²) in [5.41, 5.74) is 13.3. The lowest BCUT2D eigenvalue weighted by atomic mass is 10.3. The van der Waals surface area contributed by atoms with E-state index in [4.69, 9.17) is 5.73 Å². The Labute approximate surface area is 99.1 Å². The Balaban J connectivity index is 2.23. The molecule has 5 N–H and O–H groups in total. The lowest BCUT2D eigenvalue weighted by Crippen LogP contribution is -2.37. The fraction of sp³-hybridized carbons (Fsp3) is 0.200. The number of nitrogens with two attached hydrogens (primary N) is 1. The molecule has 17 heavy (non-hydrogen) atoms. The first kappa shape index (κ1) is 11.1. The first-order valence-electron chi connectivity index (χ1n) is 5.14. The van der Waals surface area contributed by atoms with E-state index in [1.165, 1.54) is 0 Å². The Morgan fingerprint density at radius 1 is 1.65 bits per heavy atom. The van der Waals surface area contributed by atoms with E-state index in [0.29, 0.717) is 12.4 Å². The Morgan fingerprint density at radius 3 is 3.06 bits per heavy atom. The summed E-state index contributed by atoms with van der Waals surface area (Å²) in [6, 6.07) is 3.78. The van der Waals surface area contributed by atoms with Gasteiger partial charge in [-0.3, -0.25) is 10.1 Å². The average Bonchev–Trinajstić information content (AvgIpc) is 2.79. The maximum atomic E-state index is 5.94. The van der Waals surface area contributed by atoms with Crippen LogP contribution in [0.5, 0.6) is 0 Å². The smallest absolute Gasteiger partial charge is 0.149 e. The Bertz CT molecular complexity index is 483. The highest BCUT2D eigenvalue weighted by atomic mass is 15.4. The van der Waals surface area contributed by atoms with Crippen LogP contribution in [0.3, 0.4) is 0 Å². The van der Waals surface area contributed by atoms with Gasteiger partial charge in [0.1, 0.15) is 23.0 Å². The maximum absolute atomic E-state index is 5.94. The highest BCUT2D eigenvalue weighted by molar-refractivity contribution is 5.97. The summed E-state index contributed by atoms with van der Waals surface area (Å²) < 4.78 is 1.80. The molecule has 90 valence electrons. The largest absolute Gasteiger partial charge is 0.382 e. The third-order valence-corrected chi connectivity index (χ3v) is 2.42.